The highest BCUT2D eigenvalue weighted by atomic mass is 16.7. The largest absolute Gasteiger partial charge is 0.490 e. The van der Waals surface area contributed by atoms with Crippen LogP contribution in [0.4, 0.5) is 0 Å². The van der Waals surface area contributed by atoms with E-state index in [-0.39, 0.29) is 18.3 Å². The van der Waals surface area contributed by atoms with Crippen molar-refractivity contribution in [2.75, 3.05) is 0 Å². The van der Waals surface area contributed by atoms with Gasteiger partial charge in [0.05, 0.1) is 11.2 Å². The Balaban J connectivity index is 2.16. The molecule has 0 bridgehead atoms. The van der Waals surface area contributed by atoms with Gasteiger partial charge < -0.3 is 9.31 Å². The standard InChI is InChI=1S/C17H29BO2/c1-7-14-9-8-10-15(12-13(2)11-14)18-19-16(3,4)17(5,6)20-18/h8-10,13-14H,7,11-12H2,1-6H3/b9-8-,15-10+/t13?,14-/m0/s1. The Morgan fingerprint density at radius 1 is 1.20 bits per heavy atom. The fourth-order valence-corrected chi connectivity index (χ4v) is 2.96. The minimum atomic E-state index is -0.250. The monoisotopic (exact) mass is 276 g/mol. The molecule has 0 N–H and O–H groups in total. The van der Waals surface area contributed by atoms with Gasteiger partial charge in [-0.3, -0.25) is 0 Å². The van der Waals surface area contributed by atoms with Crippen molar-refractivity contribution in [2.45, 2.75) is 72.0 Å². The van der Waals surface area contributed by atoms with E-state index >= 15 is 0 Å². The predicted molar refractivity (Wildman–Crippen MR) is 85.5 cm³/mol. The summed E-state index contributed by atoms with van der Waals surface area (Å²) in [6, 6.07) is 0. The average molecular weight is 276 g/mol. The molecule has 0 aromatic heterocycles. The molecule has 1 unspecified atom stereocenters. The molecule has 2 nitrogen and oxygen atoms in total. The first-order valence-electron chi connectivity index (χ1n) is 7.98. The molecule has 0 saturated carbocycles. The van der Waals surface area contributed by atoms with E-state index in [4.69, 9.17) is 9.31 Å². The summed E-state index contributed by atoms with van der Waals surface area (Å²) in [5, 5.41) is 0. The van der Waals surface area contributed by atoms with Gasteiger partial charge in [0.1, 0.15) is 0 Å². The Morgan fingerprint density at radius 3 is 2.35 bits per heavy atom. The SMILES string of the molecule is CC[C@H]1/C=C\C=C(\B2OC(C)(C)C(C)(C)O2)CC(C)C1. The zero-order valence-corrected chi connectivity index (χ0v) is 13.9. The smallest absolute Gasteiger partial charge is 0.400 e. The van der Waals surface area contributed by atoms with Crippen molar-refractivity contribution >= 4 is 7.12 Å². The number of hydrogen-bond donors (Lipinski definition) is 0. The van der Waals surface area contributed by atoms with E-state index in [0.717, 1.165) is 6.42 Å². The number of rotatable bonds is 2. The van der Waals surface area contributed by atoms with E-state index in [2.05, 4.69) is 59.8 Å². The van der Waals surface area contributed by atoms with Gasteiger partial charge in [-0.2, -0.15) is 0 Å². The van der Waals surface area contributed by atoms with Crippen LogP contribution in [0.5, 0.6) is 0 Å². The molecule has 1 aliphatic heterocycles. The minimum absolute atomic E-state index is 0.190. The molecule has 1 aliphatic carbocycles. The molecule has 1 saturated heterocycles. The highest BCUT2D eigenvalue weighted by Crippen LogP contribution is 2.40. The highest BCUT2D eigenvalue weighted by Gasteiger charge is 2.52. The van der Waals surface area contributed by atoms with Crippen LogP contribution in [0.2, 0.25) is 0 Å². The molecule has 1 fully saturated rings. The summed E-state index contributed by atoms with van der Waals surface area (Å²) in [5.41, 5.74) is 0.779. The van der Waals surface area contributed by atoms with Crippen molar-refractivity contribution in [1.29, 1.82) is 0 Å². The molecule has 0 aromatic rings. The summed E-state index contributed by atoms with van der Waals surface area (Å²) in [5.74, 6) is 1.39. The van der Waals surface area contributed by atoms with Gasteiger partial charge in [-0.05, 0) is 64.3 Å². The Hall–Kier alpha value is -0.535. The fourth-order valence-electron chi connectivity index (χ4n) is 2.96. The van der Waals surface area contributed by atoms with Crippen LogP contribution >= 0.6 is 0 Å². The summed E-state index contributed by atoms with van der Waals surface area (Å²) in [6.45, 7) is 13.1. The van der Waals surface area contributed by atoms with Gasteiger partial charge >= 0.3 is 7.12 Å². The molecule has 2 rings (SSSR count). The van der Waals surface area contributed by atoms with Crippen molar-refractivity contribution in [1.82, 2.24) is 0 Å². The van der Waals surface area contributed by atoms with Gasteiger partial charge in [0, 0.05) is 0 Å². The van der Waals surface area contributed by atoms with Crippen molar-refractivity contribution in [3.05, 3.63) is 23.7 Å². The lowest BCUT2D eigenvalue weighted by atomic mass is 9.71. The lowest BCUT2D eigenvalue weighted by Gasteiger charge is -2.32. The summed E-state index contributed by atoms with van der Waals surface area (Å²) in [7, 11) is -0.190. The molecule has 0 radical (unpaired) electrons. The first kappa shape index (κ1) is 15.8. The third-order valence-corrected chi connectivity index (χ3v) is 5.06. The second kappa shape index (κ2) is 5.69. The second-order valence-corrected chi connectivity index (χ2v) is 7.43. The van der Waals surface area contributed by atoms with Crippen LogP contribution in [0.3, 0.4) is 0 Å². The van der Waals surface area contributed by atoms with Crippen LogP contribution < -0.4 is 0 Å². The molecule has 3 heteroatoms. The molecular weight excluding hydrogens is 247 g/mol. The Kier molecular flexibility index (Phi) is 4.51. The molecule has 112 valence electrons. The normalized spacial score (nSPS) is 36.9. The van der Waals surface area contributed by atoms with E-state index in [1.54, 1.807) is 0 Å². The summed E-state index contributed by atoms with van der Waals surface area (Å²) in [4.78, 5) is 0. The average Bonchev–Trinajstić information content (AvgIpc) is 2.52. The van der Waals surface area contributed by atoms with Crippen molar-refractivity contribution in [3.8, 4) is 0 Å². The number of allylic oxidation sites excluding steroid dienone is 4. The molecule has 0 aromatic carbocycles. The third kappa shape index (κ3) is 3.20. The molecule has 20 heavy (non-hydrogen) atoms. The Bertz CT molecular complexity index is 393. The van der Waals surface area contributed by atoms with E-state index in [1.165, 1.54) is 18.3 Å². The molecular formula is C17H29BO2. The first-order chi connectivity index (χ1) is 9.25. The second-order valence-electron chi connectivity index (χ2n) is 7.43. The quantitative estimate of drug-likeness (QED) is 0.688. The summed E-state index contributed by atoms with van der Waals surface area (Å²) in [6.07, 6.45) is 10.3. The van der Waals surface area contributed by atoms with Gasteiger partial charge in [0.25, 0.3) is 0 Å². The van der Waals surface area contributed by atoms with Crippen LogP contribution in [-0.2, 0) is 9.31 Å². The molecule has 0 amide bonds. The van der Waals surface area contributed by atoms with Gasteiger partial charge in [0.2, 0.25) is 0 Å². The molecule has 0 spiro atoms. The van der Waals surface area contributed by atoms with Crippen molar-refractivity contribution in [3.63, 3.8) is 0 Å². The zero-order chi connectivity index (χ0) is 15.0. The summed E-state index contributed by atoms with van der Waals surface area (Å²) < 4.78 is 12.4. The van der Waals surface area contributed by atoms with Crippen LogP contribution in [0.15, 0.2) is 23.7 Å². The Labute approximate surface area is 124 Å². The topological polar surface area (TPSA) is 18.5 Å². The third-order valence-electron chi connectivity index (χ3n) is 5.06. The zero-order valence-electron chi connectivity index (χ0n) is 13.9. The predicted octanol–water partition coefficient (Wildman–Crippen LogP) is 4.56. The minimum Gasteiger partial charge on any atom is -0.400 e. The highest BCUT2D eigenvalue weighted by molar-refractivity contribution is 6.54. The maximum absolute atomic E-state index is 6.18. The van der Waals surface area contributed by atoms with Gasteiger partial charge in [-0.15, -0.1) is 0 Å². The molecule has 1 heterocycles. The van der Waals surface area contributed by atoms with Crippen molar-refractivity contribution < 1.29 is 9.31 Å². The molecule has 2 atom stereocenters. The van der Waals surface area contributed by atoms with Crippen LogP contribution in [-0.4, -0.2) is 18.3 Å². The maximum Gasteiger partial charge on any atom is 0.490 e. The lowest BCUT2D eigenvalue weighted by Crippen LogP contribution is -2.41. The van der Waals surface area contributed by atoms with Crippen LogP contribution in [0.1, 0.15) is 60.8 Å². The summed E-state index contributed by atoms with van der Waals surface area (Å²) >= 11 is 0. The van der Waals surface area contributed by atoms with Gasteiger partial charge in [-0.1, -0.05) is 32.1 Å². The Morgan fingerprint density at radius 2 is 1.80 bits per heavy atom. The maximum atomic E-state index is 6.18. The molecule has 2 aliphatic rings. The van der Waals surface area contributed by atoms with E-state index < -0.39 is 0 Å². The first-order valence-corrected chi connectivity index (χ1v) is 7.98. The van der Waals surface area contributed by atoms with E-state index in [0.29, 0.717) is 11.8 Å². The van der Waals surface area contributed by atoms with Crippen LogP contribution in [0, 0.1) is 11.8 Å². The number of hydrogen-bond acceptors (Lipinski definition) is 2. The van der Waals surface area contributed by atoms with E-state index in [1.807, 2.05) is 0 Å². The fraction of sp³-hybridized carbons (Fsp3) is 0.765. The van der Waals surface area contributed by atoms with E-state index in [9.17, 15) is 0 Å². The van der Waals surface area contributed by atoms with Crippen molar-refractivity contribution in [2.24, 2.45) is 11.8 Å². The van der Waals surface area contributed by atoms with Gasteiger partial charge in [0.15, 0.2) is 0 Å². The van der Waals surface area contributed by atoms with Gasteiger partial charge in [-0.25, -0.2) is 0 Å². The van der Waals surface area contributed by atoms with Crippen LogP contribution in [0.25, 0.3) is 0 Å². The lowest BCUT2D eigenvalue weighted by molar-refractivity contribution is 0.00578.